The Labute approximate surface area is 217 Å². The van der Waals surface area contributed by atoms with Gasteiger partial charge in [0.2, 0.25) is 5.95 Å². The summed E-state index contributed by atoms with van der Waals surface area (Å²) in [5, 5.41) is 3.44. The van der Waals surface area contributed by atoms with Crippen molar-refractivity contribution < 1.29 is 27.1 Å². The molecule has 0 unspecified atom stereocenters. The van der Waals surface area contributed by atoms with Crippen molar-refractivity contribution in [2.75, 3.05) is 43.0 Å². The zero-order valence-corrected chi connectivity index (χ0v) is 21.0. The number of amides is 1. The Balaban J connectivity index is 1.20. The van der Waals surface area contributed by atoms with E-state index in [0.717, 1.165) is 48.6 Å². The van der Waals surface area contributed by atoms with Crippen LogP contribution in [0, 0.1) is 12.7 Å². The molecule has 2 aliphatic rings. The van der Waals surface area contributed by atoms with Crippen LogP contribution < -0.4 is 15.0 Å². The van der Waals surface area contributed by atoms with Gasteiger partial charge in [-0.2, -0.15) is 13.2 Å². The molecule has 0 spiro atoms. The van der Waals surface area contributed by atoms with Gasteiger partial charge in [0, 0.05) is 30.2 Å². The number of anilines is 2. The van der Waals surface area contributed by atoms with Gasteiger partial charge in [0.1, 0.15) is 0 Å². The predicted molar refractivity (Wildman–Crippen MR) is 136 cm³/mol. The van der Waals surface area contributed by atoms with Gasteiger partial charge in [-0.05, 0) is 82.1 Å². The summed E-state index contributed by atoms with van der Waals surface area (Å²) in [6.07, 6.45) is 0.119. The smallest absolute Gasteiger partial charge is 0.416 e. The lowest BCUT2D eigenvalue weighted by Gasteiger charge is -2.36. The maximum Gasteiger partial charge on any atom is 0.416 e. The van der Waals surface area contributed by atoms with Crippen LogP contribution in [0.2, 0.25) is 0 Å². The van der Waals surface area contributed by atoms with E-state index in [1.165, 1.54) is 25.9 Å². The summed E-state index contributed by atoms with van der Waals surface area (Å²) >= 11 is 0. The Kier molecular flexibility index (Phi) is 7.38. The van der Waals surface area contributed by atoms with Gasteiger partial charge >= 0.3 is 6.18 Å². The maximum atomic E-state index is 14.0. The Morgan fingerprint density at radius 2 is 1.79 bits per heavy atom. The molecule has 2 aliphatic heterocycles. The first-order valence-corrected chi connectivity index (χ1v) is 12.7. The number of hydrogen-bond acceptors (Lipinski definition) is 6. The first-order valence-electron chi connectivity index (χ1n) is 12.7. The molecule has 0 aliphatic carbocycles. The first-order chi connectivity index (χ1) is 18.2. The second-order valence-corrected chi connectivity index (χ2v) is 9.78. The molecule has 11 heteroatoms. The van der Waals surface area contributed by atoms with Gasteiger partial charge in [0.25, 0.3) is 5.91 Å². The molecular weight excluding hydrogens is 502 g/mol. The fourth-order valence-corrected chi connectivity index (χ4v) is 5.16. The minimum Gasteiger partial charge on any atom is -0.481 e. The number of aromatic nitrogens is 2. The third-order valence-corrected chi connectivity index (χ3v) is 7.18. The maximum absolute atomic E-state index is 14.0. The van der Waals surface area contributed by atoms with Gasteiger partial charge in [-0.1, -0.05) is 0 Å². The van der Waals surface area contributed by atoms with Crippen LogP contribution in [-0.2, 0) is 11.0 Å². The van der Waals surface area contributed by atoms with Crippen molar-refractivity contribution >= 4 is 28.4 Å². The van der Waals surface area contributed by atoms with E-state index in [1.807, 2.05) is 6.92 Å². The molecule has 0 saturated carbocycles. The van der Waals surface area contributed by atoms with Crippen molar-refractivity contribution in [2.45, 2.75) is 44.8 Å². The quantitative estimate of drug-likeness (QED) is 0.442. The van der Waals surface area contributed by atoms with Crippen LogP contribution in [-0.4, -0.2) is 59.6 Å². The number of nitrogens with zero attached hydrogens (tertiary/aromatic N) is 4. The van der Waals surface area contributed by atoms with Crippen molar-refractivity contribution in [3.63, 3.8) is 0 Å². The van der Waals surface area contributed by atoms with Crippen LogP contribution in [0.4, 0.5) is 29.2 Å². The molecule has 0 atom stereocenters. The molecule has 0 radical (unpaired) electrons. The topological polar surface area (TPSA) is 70.6 Å². The largest absolute Gasteiger partial charge is 0.481 e. The number of piperidine rings is 1. The fourth-order valence-electron chi connectivity index (χ4n) is 5.16. The zero-order valence-electron chi connectivity index (χ0n) is 21.0. The number of fused-ring (bicyclic) bond motifs is 1. The number of carbonyl (C=O) groups is 1. The number of hydrogen-bond donors (Lipinski definition) is 1. The summed E-state index contributed by atoms with van der Waals surface area (Å²) in [4.78, 5) is 26.7. The minimum absolute atomic E-state index is 0.337. The van der Waals surface area contributed by atoms with E-state index >= 15 is 0 Å². The number of alkyl halides is 3. The monoisotopic (exact) mass is 531 g/mol. The SMILES string of the molecule is Cc1nc(N2CCC(N3CCCC3)CC2)nc2ccc(NC(=O)COc3ccc(C(F)(F)F)cc3F)cc12. The molecule has 1 N–H and O–H groups in total. The highest BCUT2D eigenvalue weighted by Gasteiger charge is 2.31. The van der Waals surface area contributed by atoms with Crippen molar-refractivity contribution in [3.05, 3.63) is 53.5 Å². The van der Waals surface area contributed by atoms with Gasteiger partial charge in [-0.25, -0.2) is 14.4 Å². The summed E-state index contributed by atoms with van der Waals surface area (Å²) in [5.41, 5.74) is 0.890. The number of rotatable bonds is 6. The summed E-state index contributed by atoms with van der Waals surface area (Å²) < 4.78 is 57.1. The van der Waals surface area contributed by atoms with E-state index in [1.54, 1.807) is 18.2 Å². The highest BCUT2D eigenvalue weighted by molar-refractivity contribution is 5.95. The standard InChI is InChI=1S/C27H29F4N5O2/c1-17-21-15-19(33-25(37)16-38-24-7-4-18(14-22(24)28)27(29,30)31)5-6-23(21)34-26(32-17)36-12-8-20(9-13-36)35-10-2-3-11-35/h4-7,14-15,20H,2-3,8-13,16H2,1H3,(H,33,37). The van der Waals surface area contributed by atoms with Crippen LogP contribution in [0.25, 0.3) is 10.9 Å². The number of likely N-dealkylation sites (tertiary alicyclic amines) is 1. The Morgan fingerprint density at radius 1 is 1.05 bits per heavy atom. The van der Waals surface area contributed by atoms with Crippen LogP contribution in [0.5, 0.6) is 5.75 Å². The van der Waals surface area contributed by atoms with E-state index < -0.39 is 35.8 Å². The molecule has 0 bridgehead atoms. The molecule has 202 valence electrons. The van der Waals surface area contributed by atoms with Crippen LogP contribution >= 0.6 is 0 Å². The summed E-state index contributed by atoms with van der Waals surface area (Å²) in [7, 11) is 0. The van der Waals surface area contributed by atoms with Gasteiger partial charge in [0.15, 0.2) is 18.2 Å². The summed E-state index contributed by atoms with van der Waals surface area (Å²) in [6, 6.07) is 7.79. The average Bonchev–Trinajstić information content (AvgIpc) is 3.43. The highest BCUT2D eigenvalue weighted by atomic mass is 19.4. The van der Waals surface area contributed by atoms with E-state index in [2.05, 4.69) is 15.1 Å². The summed E-state index contributed by atoms with van der Waals surface area (Å²) in [5.74, 6) is -1.51. The Bertz CT molecular complexity index is 1320. The number of benzene rings is 2. The van der Waals surface area contributed by atoms with Gasteiger partial charge in [-0.3, -0.25) is 4.79 Å². The number of carbonyl (C=O) groups excluding carboxylic acids is 1. The summed E-state index contributed by atoms with van der Waals surface area (Å²) in [6.45, 7) is 5.56. The predicted octanol–water partition coefficient (Wildman–Crippen LogP) is 5.18. The normalized spacial score (nSPS) is 17.2. The highest BCUT2D eigenvalue weighted by Crippen LogP contribution is 2.32. The van der Waals surface area contributed by atoms with E-state index in [-0.39, 0.29) is 0 Å². The number of ether oxygens (including phenoxy) is 1. The minimum atomic E-state index is -4.67. The zero-order chi connectivity index (χ0) is 26.9. The molecule has 3 heterocycles. The molecule has 2 aromatic carbocycles. The van der Waals surface area contributed by atoms with Gasteiger partial charge in [0.05, 0.1) is 16.8 Å². The first kappa shape index (κ1) is 26.1. The second-order valence-electron chi connectivity index (χ2n) is 9.78. The Hall–Kier alpha value is -3.47. The van der Waals surface area contributed by atoms with Crippen molar-refractivity contribution in [1.82, 2.24) is 14.9 Å². The second kappa shape index (κ2) is 10.7. The van der Waals surface area contributed by atoms with E-state index in [0.29, 0.717) is 29.8 Å². The van der Waals surface area contributed by atoms with E-state index in [4.69, 9.17) is 14.7 Å². The molecule has 2 fully saturated rings. The third-order valence-electron chi connectivity index (χ3n) is 7.18. The van der Waals surface area contributed by atoms with Crippen molar-refractivity contribution in [2.24, 2.45) is 0 Å². The molecule has 38 heavy (non-hydrogen) atoms. The number of halogens is 4. The van der Waals surface area contributed by atoms with Crippen LogP contribution in [0.15, 0.2) is 36.4 Å². The van der Waals surface area contributed by atoms with Crippen LogP contribution in [0.3, 0.4) is 0 Å². The van der Waals surface area contributed by atoms with Crippen LogP contribution in [0.1, 0.15) is 36.9 Å². The molecular formula is C27H29F4N5O2. The number of nitrogens with one attached hydrogen (secondary N) is 1. The molecule has 3 aromatic rings. The lowest BCUT2D eigenvalue weighted by Crippen LogP contribution is -2.44. The third kappa shape index (κ3) is 5.82. The Morgan fingerprint density at radius 3 is 2.47 bits per heavy atom. The van der Waals surface area contributed by atoms with Crippen molar-refractivity contribution in [1.29, 1.82) is 0 Å². The lowest BCUT2D eigenvalue weighted by molar-refractivity contribution is -0.137. The van der Waals surface area contributed by atoms with Crippen molar-refractivity contribution in [3.8, 4) is 5.75 Å². The van der Waals surface area contributed by atoms with Gasteiger partial charge in [-0.15, -0.1) is 0 Å². The number of aryl methyl sites for hydroxylation is 1. The van der Waals surface area contributed by atoms with Gasteiger partial charge < -0.3 is 19.9 Å². The fraction of sp³-hybridized carbons (Fsp3) is 0.444. The molecule has 7 nitrogen and oxygen atoms in total. The molecule has 1 amide bonds. The lowest BCUT2D eigenvalue weighted by atomic mass is 10.0. The molecule has 5 rings (SSSR count). The molecule has 1 aromatic heterocycles. The van der Waals surface area contributed by atoms with E-state index in [9.17, 15) is 22.4 Å². The molecule has 2 saturated heterocycles. The average molecular weight is 532 g/mol.